The van der Waals surface area contributed by atoms with Crippen molar-refractivity contribution in [2.24, 2.45) is 0 Å². The van der Waals surface area contributed by atoms with Gasteiger partial charge in [-0.1, -0.05) is 6.07 Å². The molecule has 0 atom stereocenters. The number of hydrogen-bond donors (Lipinski definition) is 1. The lowest BCUT2D eigenvalue weighted by Crippen LogP contribution is -2.37. The van der Waals surface area contributed by atoms with Gasteiger partial charge in [-0.3, -0.25) is 4.72 Å². The van der Waals surface area contributed by atoms with Crippen molar-refractivity contribution in [3.8, 4) is 11.5 Å². The second-order valence-corrected chi connectivity index (χ2v) is 6.80. The number of aryl methyl sites for hydroxylation is 1. The third-order valence-corrected chi connectivity index (χ3v) is 4.76. The predicted molar refractivity (Wildman–Crippen MR) is 82.1 cm³/mol. The lowest BCUT2D eigenvalue weighted by molar-refractivity contribution is 0.414. The Morgan fingerprint density at radius 2 is 2.05 bits per heavy atom. The van der Waals surface area contributed by atoms with Crippen LogP contribution in [0, 0.1) is 6.92 Å². The standard InChI is InChI=1S/C14H19N3O3S/c1-10(2)17(4)21(18,19)16-13-7-5-6-12(8-13)14-15-9-11(3)20-14/h5-10,16H,1-4H3. The van der Waals surface area contributed by atoms with Gasteiger partial charge < -0.3 is 4.42 Å². The van der Waals surface area contributed by atoms with Gasteiger partial charge in [0.2, 0.25) is 5.89 Å². The molecule has 7 heteroatoms. The summed E-state index contributed by atoms with van der Waals surface area (Å²) < 4.78 is 33.6. The van der Waals surface area contributed by atoms with E-state index in [9.17, 15) is 8.42 Å². The summed E-state index contributed by atoms with van der Waals surface area (Å²) in [5.74, 6) is 1.17. The highest BCUT2D eigenvalue weighted by Gasteiger charge is 2.20. The Bertz CT molecular complexity index is 723. The van der Waals surface area contributed by atoms with Crippen LogP contribution in [0.3, 0.4) is 0 Å². The molecule has 114 valence electrons. The molecule has 1 aromatic heterocycles. The molecule has 0 aliphatic heterocycles. The van der Waals surface area contributed by atoms with E-state index in [1.54, 1.807) is 31.3 Å². The highest BCUT2D eigenvalue weighted by atomic mass is 32.2. The Morgan fingerprint density at radius 1 is 1.33 bits per heavy atom. The Morgan fingerprint density at radius 3 is 2.62 bits per heavy atom. The molecule has 0 aliphatic carbocycles. The van der Waals surface area contributed by atoms with E-state index in [4.69, 9.17) is 4.42 Å². The van der Waals surface area contributed by atoms with Crippen LogP contribution in [-0.2, 0) is 10.2 Å². The summed E-state index contributed by atoms with van der Waals surface area (Å²) in [7, 11) is -2.04. The van der Waals surface area contributed by atoms with Gasteiger partial charge in [0, 0.05) is 18.7 Å². The van der Waals surface area contributed by atoms with Crippen molar-refractivity contribution in [3.63, 3.8) is 0 Å². The number of benzene rings is 1. The van der Waals surface area contributed by atoms with Crippen molar-refractivity contribution in [1.29, 1.82) is 0 Å². The van der Waals surface area contributed by atoms with E-state index in [2.05, 4.69) is 9.71 Å². The summed E-state index contributed by atoms with van der Waals surface area (Å²) >= 11 is 0. The number of anilines is 1. The van der Waals surface area contributed by atoms with Crippen molar-refractivity contribution in [2.45, 2.75) is 26.8 Å². The monoisotopic (exact) mass is 309 g/mol. The first-order valence-electron chi connectivity index (χ1n) is 6.58. The van der Waals surface area contributed by atoms with E-state index < -0.39 is 10.2 Å². The molecule has 0 unspecified atom stereocenters. The van der Waals surface area contributed by atoms with Crippen LogP contribution < -0.4 is 4.72 Å². The summed E-state index contributed by atoms with van der Waals surface area (Å²) in [5, 5.41) is 0. The molecule has 21 heavy (non-hydrogen) atoms. The molecular weight excluding hydrogens is 290 g/mol. The molecule has 0 saturated carbocycles. The van der Waals surface area contributed by atoms with Gasteiger partial charge in [0.25, 0.3) is 0 Å². The quantitative estimate of drug-likeness (QED) is 0.921. The van der Waals surface area contributed by atoms with Crippen LogP contribution in [0.4, 0.5) is 5.69 Å². The molecule has 0 radical (unpaired) electrons. The minimum atomic E-state index is -3.57. The lowest BCUT2D eigenvalue weighted by Gasteiger charge is -2.21. The summed E-state index contributed by atoms with van der Waals surface area (Å²) in [6.07, 6.45) is 1.62. The fourth-order valence-electron chi connectivity index (χ4n) is 1.70. The van der Waals surface area contributed by atoms with E-state index in [0.717, 1.165) is 5.56 Å². The minimum Gasteiger partial charge on any atom is -0.441 e. The molecule has 0 aliphatic rings. The zero-order chi connectivity index (χ0) is 15.6. The van der Waals surface area contributed by atoms with Gasteiger partial charge in [-0.15, -0.1) is 0 Å². The summed E-state index contributed by atoms with van der Waals surface area (Å²) in [6.45, 7) is 5.43. The van der Waals surface area contributed by atoms with Crippen LogP contribution in [0.25, 0.3) is 11.5 Å². The van der Waals surface area contributed by atoms with Crippen LogP contribution in [0.1, 0.15) is 19.6 Å². The zero-order valence-electron chi connectivity index (χ0n) is 12.5. The number of nitrogens with one attached hydrogen (secondary N) is 1. The highest BCUT2D eigenvalue weighted by molar-refractivity contribution is 7.90. The van der Waals surface area contributed by atoms with Crippen LogP contribution in [-0.4, -0.2) is 30.8 Å². The molecule has 6 nitrogen and oxygen atoms in total. The first-order chi connectivity index (χ1) is 9.79. The molecular formula is C14H19N3O3S. The van der Waals surface area contributed by atoms with Crippen molar-refractivity contribution in [3.05, 3.63) is 36.2 Å². The molecule has 1 aromatic carbocycles. The number of aromatic nitrogens is 1. The minimum absolute atomic E-state index is 0.125. The summed E-state index contributed by atoms with van der Waals surface area (Å²) in [5.41, 5.74) is 1.19. The topological polar surface area (TPSA) is 75.4 Å². The maximum absolute atomic E-state index is 12.2. The lowest BCUT2D eigenvalue weighted by atomic mass is 10.2. The third-order valence-electron chi connectivity index (χ3n) is 3.08. The van der Waals surface area contributed by atoms with E-state index >= 15 is 0 Å². The molecule has 0 bridgehead atoms. The first kappa shape index (κ1) is 15.5. The Balaban J connectivity index is 2.26. The van der Waals surface area contributed by atoms with Gasteiger partial charge in [-0.25, -0.2) is 4.98 Å². The van der Waals surface area contributed by atoms with Crippen molar-refractivity contribution in [2.75, 3.05) is 11.8 Å². The van der Waals surface area contributed by atoms with E-state index in [-0.39, 0.29) is 6.04 Å². The van der Waals surface area contributed by atoms with Crippen molar-refractivity contribution >= 4 is 15.9 Å². The van der Waals surface area contributed by atoms with E-state index in [0.29, 0.717) is 17.3 Å². The van der Waals surface area contributed by atoms with Gasteiger partial charge in [0.05, 0.1) is 11.9 Å². The van der Waals surface area contributed by atoms with Gasteiger partial charge >= 0.3 is 10.2 Å². The van der Waals surface area contributed by atoms with Crippen LogP contribution in [0.2, 0.25) is 0 Å². The second kappa shape index (κ2) is 5.87. The molecule has 0 saturated heterocycles. The van der Waals surface area contributed by atoms with Crippen LogP contribution >= 0.6 is 0 Å². The third kappa shape index (κ3) is 3.62. The number of nitrogens with zero attached hydrogens (tertiary/aromatic N) is 2. The Labute approximate surface area is 125 Å². The summed E-state index contributed by atoms with van der Waals surface area (Å²) in [6, 6.07) is 6.82. The average molecular weight is 309 g/mol. The average Bonchev–Trinajstić information content (AvgIpc) is 2.84. The number of hydrogen-bond acceptors (Lipinski definition) is 4. The maximum atomic E-state index is 12.2. The molecule has 2 aromatic rings. The Hall–Kier alpha value is -1.86. The van der Waals surface area contributed by atoms with Crippen LogP contribution in [0.5, 0.6) is 0 Å². The molecule has 1 N–H and O–H groups in total. The largest absolute Gasteiger partial charge is 0.441 e. The summed E-state index contributed by atoms with van der Waals surface area (Å²) in [4.78, 5) is 4.13. The molecule has 1 heterocycles. The highest BCUT2D eigenvalue weighted by Crippen LogP contribution is 2.23. The first-order valence-corrected chi connectivity index (χ1v) is 8.02. The number of rotatable bonds is 5. The van der Waals surface area contributed by atoms with Crippen molar-refractivity contribution in [1.82, 2.24) is 9.29 Å². The SMILES string of the molecule is Cc1cnc(-c2cccc(NS(=O)(=O)N(C)C(C)C)c2)o1. The molecule has 0 amide bonds. The Kier molecular flexibility index (Phi) is 4.34. The van der Waals surface area contributed by atoms with Crippen LogP contribution in [0.15, 0.2) is 34.9 Å². The van der Waals surface area contributed by atoms with Crippen molar-refractivity contribution < 1.29 is 12.8 Å². The van der Waals surface area contributed by atoms with Gasteiger partial charge in [0.15, 0.2) is 0 Å². The fraction of sp³-hybridized carbons (Fsp3) is 0.357. The molecule has 0 fully saturated rings. The molecule has 2 rings (SSSR count). The van der Waals surface area contributed by atoms with Gasteiger partial charge in [0.1, 0.15) is 5.76 Å². The zero-order valence-corrected chi connectivity index (χ0v) is 13.3. The maximum Gasteiger partial charge on any atom is 0.301 e. The number of oxazole rings is 1. The molecule has 0 spiro atoms. The van der Waals surface area contributed by atoms with Gasteiger partial charge in [-0.05, 0) is 39.0 Å². The second-order valence-electron chi connectivity index (χ2n) is 5.07. The van der Waals surface area contributed by atoms with Gasteiger partial charge in [-0.2, -0.15) is 12.7 Å². The fourth-order valence-corrected chi connectivity index (χ4v) is 2.83. The smallest absolute Gasteiger partial charge is 0.301 e. The normalized spacial score (nSPS) is 12.1. The van der Waals surface area contributed by atoms with E-state index in [1.165, 1.54) is 11.4 Å². The van der Waals surface area contributed by atoms with E-state index in [1.807, 2.05) is 19.9 Å². The predicted octanol–water partition coefficient (Wildman–Crippen LogP) is 2.65.